The summed E-state index contributed by atoms with van der Waals surface area (Å²) in [6.07, 6.45) is 2.63. The molecule has 0 aliphatic carbocycles. The van der Waals surface area contributed by atoms with Crippen LogP contribution in [0.5, 0.6) is 0 Å². The lowest BCUT2D eigenvalue weighted by molar-refractivity contribution is -0.121. The molecule has 0 N–H and O–H groups in total. The average Bonchev–Trinajstić information content (AvgIpc) is 1.80. The van der Waals surface area contributed by atoms with Crippen LogP contribution >= 0.6 is 0 Å². The number of ketones is 2. The number of allylic oxidation sites excluding steroid dienone is 2. The van der Waals surface area contributed by atoms with Gasteiger partial charge < -0.3 is 0 Å². The third-order valence-corrected chi connectivity index (χ3v) is 1.21. The monoisotopic (exact) mass is 154 g/mol. The first kappa shape index (κ1) is 10.1. The second kappa shape index (κ2) is 3.46. The van der Waals surface area contributed by atoms with Gasteiger partial charge in [0.15, 0.2) is 11.6 Å². The Kier molecular flexibility index (Phi) is 3.18. The van der Waals surface area contributed by atoms with Crippen LogP contribution in [0.2, 0.25) is 0 Å². The SMILES string of the molecule is CC(=O)/C=C/C(=O)C(C)(C)C. The van der Waals surface area contributed by atoms with Crippen LogP contribution in [0, 0.1) is 5.41 Å². The zero-order chi connectivity index (χ0) is 9.07. The highest BCUT2D eigenvalue weighted by molar-refractivity contribution is 5.99. The molecule has 62 valence electrons. The first-order valence-electron chi connectivity index (χ1n) is 3.57. The van der Waals surface area contributed by atoms with Crippen LogP contribution in [0.25, 0.3) is 0 Å². The maximum atomic E-state index is 11.1. The van der Waals surface area contributed by atoms with Crippen LogP contribution in [-0.2, 0) is 9.59 Å². The van der Waals surface area contributed by atoms with Crippen molar-refractivity contribution in [1.29, 1.82) is 0 Å². The van der Waals surface area contributed by atoms with E-state index in [-0.39, 0.29) is 17.0 Å². The summed E-state index contributed by atoms with van der Waals surface area (Å²) in [6.45, 7) is 6.88. The molecule has 0 amide bonds. The fourth-order valence-corrected chi connectivity index (χ4v) is 0.443. The van der Waals surface area contributed by atoms with E-state index in [0.29, 0.717) is 0 Å². The Bertz CT molecular complexity index is 194. The smallest absolute Gasteiger partial charge is 0.161 e. The molecule has 0 fully saturated rings. The topological polar surface area (TPSA) is 34.1 Å². The summed E-state index contributed by atoms with van der Waals surface area (Å²) in [5.41, 5.74) is -0.383. The summed E-state index contributed by atoms with van der Waals surface area (Å²) in [6, 6.07) is 0. The Morgan fingerprint density at radius 2 is 1.55 bits per heavy atom. The van der Waals surface area contributed by atoms with E-state index in [1.54, 1.807) is 0 Å². The van der Waals surface area contributed by atoms with Crippen molar-refractivity contribution >= 4 is 11.6 Å². The van der Waals surface area contributed by atoms with Crippen molar-refractivity contribution in [1.82, 2.24) is 0 Å². The van der Waals surface area contributed by atoms with Crippen LogP contribution in [0.4, 0.5) is 0 Å². The van der Waals surface area contributed by atoms with Crippen molar-refractivity contribution in [2.24, 2.45) is 5.41 Å². The Balaban J connectivity index is 4.20. The summed E-state index contributed by atoms with van der Waals surface area (Å²) in [7, 11) is 0. The van der Waals surface area contributed by atoms with Gasteiger partial charge in [0.05, 0.1) is 0 Å². The molecule has 0 unspecified atom stereocenters. The quantitative estimate of drug-likeness (QED) is 0.568. The molecule has 0 aromatic carbocycles. The molecular weight excluding hydrogens is 140 g/mol. The maximum absolute atomic E-state index is 11.1. The molecule has 0 aromatic heterocycles. The van der Waals surface area contributed by atoms with Crippen molar-refractivity contribution in [3.63, 3.8) is 0 Å². The highest BCUT2D eigenvalue weighted by atomic mass is 16.1. The van der Waals surface area contributed by atoms with Crippen molar-refractivity contribution in [2.75, 3.05) is 0 Å². The minimum absolute atomic E-state index is 0.0206. The molecule has 0 heterocycles. The first-order chi connectivity index (χ1) is 4.84. The second-order valence-corrected chi connectivity index (χ2v) is 3.56. The van der Waals surface area contributed by atoms with Gasteiger partial charge in [-0.1, -0.05) is 20.8 Å². The van der Waals surface area contributed by atoms with E-state index in [9.17, 15) is 9.59 Å². The molecule has 0 radical (unpaired) electrons. The standard InChI is InChI=1S/C9H14O2/c1-7(10)5-6-8(11)9(2,3)4/h5-6H,1-4H3/b6-5+. The number of rotatable bonds is 2. The summed E-state index contributed by atoms with van der Waals surface area (Å²) >= 11 is 0. The van der Waals surface area contributed by atoms with E-state index >= 15 is 0 Å². The molecule has 0 aromatic rings. The molecule has 0 saturated heterocycles. The van der Waals surface area contributed by atoms with Gasteiger partial charge in [-0.05, 0) is 19.1 Å². The van der Waals surface area contributed by atoms with Gasteiger partial charge >= 0.3 is 0 Å². The highest BCUT2D eigenvalue weighted by Gasteiger charge is 2.17. The van der Waals surface area contributed by atoms with Crippen molar-refractivity contribution < 1.29 is 9.59 Å². The predicted octanol–water partition coefficient (Wildman–Crippen LogP) is 1.75. The van der Waals surface area contributed by atoms with Gasteiger partial charge in [-0.25, -0.2) is 0 Å². The molecule has 11 heavy (non-hydrogen) atoms. The molecule has 0 rings (SSSR count). The van der Waals surface area contributed by atoms with Gasteiger partial charge in [0.2, 0.25) is 0 Å². The van der Waals surface area contributed by atoms with E-state index in [4.69, 9.17) is 0 Å². The zero-order valence-corrected chi connectivity index (χ0v) is 7.47. The molecular formula is C9H14O2. The highest BCUT2D eigenvalue weighted by Crippen LogP contribution is 2.14. The number of hydrogen-bond acceptors (Lipinski definition) is 2. The zero-order valence-electron chi connectivity index (χ0n) is 7.47. The Labute approximate surface area is 67.3 Å². The summed E-state index contributed by atoms with van der Waals surface area (Å²) in [5, 5.41) is 0. The van der Waals surface area contributed by atoms with Crippen molar-refractivity contribution in [3.8, 4) is 0 Å². The maximum Gasteiger partial charge on any atom is 0.161 e. The van der Waals surface area contributed by atoms with Crippen LogP contribution in [-0.4, -0.2) is 11.6 Å². The molecule has 0 aliphatic heterocycles. The van der Waals surface area contributed by atoms with Gasteiger partial charge in [-0.3, -0.25) is 9.59 Å². The van der Waals surface area contributed by atoms with Gasteiger partial charge in [-0.2, -0.15) is 0 Å². The average molecular weight is 154 g/mol. The Hall–Kier alpha value is -0.920. The van der Waals surface area contributed by atoms with E-state index < -0.39 is 0 Å². The number of carbonyl (C=O) groups is 2. The lowest BCUT2D eigenvalue weighted by Gasteiger charge is -2.12. The molecule has 0 spiro atoms. The van der Waals surface area contributed by atoms with Crippen molar-refractivity contribution in [3.05, 3.63) is 12.2 Å². The van der Waals surface area contributed by atoms with Crippen LogP contribution < -0.4 is 0 Å². The van der Waals surface area contributed by atoms with Gasteiger partial charge in [0.25, 0.3) is 0 Å². The minimum atomic E-state index is -0.383. The van der Waals surface area contributed by atoms with E-state index in [1.165, 1.54) is 19.1 Å². The normalized spacial score (nSPS) is 12.0. The fraction of sp³-hybridized carbons (Fsp3) is 0.556. The second-order valence-electron chi connectivity index (χ2n) is 3.56. The summed E-state index contributed by atoms with van der Waals surface area (Å²) < 4.78 is 0. The summed E-state index contributed by atoms with van der Waals surface area (Å²) in [4.78, 5) is 21.6. The predicted molar refractivity (Wildman–Crippen MR) is 44.3 cm³/mol. The lowest BCUT2D eigenvalue weighted by Crippen LogP contribution is -2.17. The molecule has 0 saturated carbocycles. The third kappa shape index (κ3) is 4.48. The van der Waals surface area contributed by atoms with E-state index in [0.717, 1.165) is 0 Å². The lowest BCUT2D eigenvalue weighted by atomic mass is 9.90. The number of carbonyl (C=O) groups excluding carboxylic acids is 2. The Morgan fingerprint density at radius 1 is 1.09 bits per heavy atom. The minimum Gasteiger partial charge on any atom is -0.295 e. The number of hydrogen-bond donors (Lipinski definition) is 0. The van der Waals surface area contributed by atoms with Crippen LogP contribution in [0.3, 0.4) is 0 Å². The first-order valence-corrected chi connectivity index (χ1v) is 3.57. The molecule has 0 atom stereocenters. The third-order valence-electron chi connectivity index (χ3n) is 1.21. The fourth-order valence-electron chi connectivity index (χ4n) is 0.443. The molecule has 2 heteroatoms. The van der Waals surface area contributed by atoms with Crippen molar-refractivity contribution in [2.45, 2.75) is 27.7 Å². The largest absolute Gasteiger partial charge is 0.295 e. The molecule has 0 bridgehead atoms. The Morgan fingerprint density at radius 3 is 1.82 bits per heavy atom. The summed E-state index contributed by atoms with van der Waals surface area (Å²) in [5.74, 6) is -0.115. The van der Waals surface area contributed by atoms with Gasteiger partial charge in [-0.15, -0.1) is 0 Å². The van der Waals surface area contributed by atoms with E-state index in [1.807, 2.05) is 20.8 Å². The van der Waals surface area contributed by atoms with Gasteiger partial charge in [0, 0.05) is 5.41 Å². The van der Waals surface area contributed by atoms with Crippen LogP contribution in [0.1, 0.15) is 27.7 Å². The molecule has 2 nitrogen and oxygen atoms in total. The molecule has 0 aliphatic rings. The van der Waals surface area contributed by atoms with E-state index in [2.05, 4.69) is 0 Å². The van der Waals surface area contributed by atoms with Gasteiger partial charge in [0.1, 0.15) is 0 Å². The van der Waals surface area contributed by atoms with Crippen LogP contribution in [0.15, 0.2) is 12.2 Å².